The second kappa shape index (κ2) is 8.56. The molecule has 0 fully saturated rings. The van der Waals surface area contributed by atoms with Crippen molar-refractivity contribution in [2.24, 2.45) is 0 Å². The number of hydrogen-bond donors (Lipinski definition) is 0. The Labute approximate surface area is 97.7 Å². The summed E-state index contributed by atoms with van der Waals surface area (Å²) < 4.78 is 0. The maximum absolute atomic E-state index is 3.26. The molecule has 0 aliphatic carbocycles. The van der Waals surface area contributed by atoms with Crippen molar-refractivity contribution in [2.45, 2.75) is 51.9 Å². The summed E-state index contributed by atoms with van der Waals surface area (Å²) in [7, 11) is 0. The number of hydrogen-bond acceptors (Lipinski definition) is 1. The van der Waals surface area contributed by atoms with E-state index in [-0.39, 0.29) is 0 Å². The smallest absolute Gasteiger partial charge is 0.0137 e. The lowest BCUT2D eigenvalue weighted by Gasteiger charge is -1.92. The Morgan fingerprint density at radius 3 is 2.73 bits per heavy atom. The van der Waals surface area contributed by atoms with Gasteiger partial charge in [0, 0.05) is 17.7 Å². The van der Waals surface area contributed by atoms with Crippen LogP contribution in [-0.4, -0.2) is 0 Å². The number of unbranched alkanes of at least 4 members (excludes halogenated alkanes) is 4. The van der Waals surface area contributed by atoms with Crippen LogP contribution in [0.2, 0.25) is 0 Å². The van der Waals surface area contributed by atoms with E-state index in [2.05, 4.69) is 36.3 Å². The molecule has 0 aromatic carbocycles. The van der Waals surface area contributed by atoms with Crippen molar-refractivity contribution < 1.29 is 0 Å². The lowest BCUT2D eigenvalue weighted by molar-refractivity contribution is 0.679. The molecule has 0 aliphatic rings. The van der Waals surface area contributed by atoms with E-state index in [1.165, 1.54) is 30.6 Å². The first kappa shape index (κ1) is 12.3. The van der Waals surface area contributed by atoms with Crippen LogP contribution in [0, 0.1) is 11.8 Å². The standard InChI is InChI=1S/C14H20S/c1-2-3-4-5-6-7-8-9-11-14-12-10-13-15-14/h10,12-13H,2-6,9,11H2,1H3. The average Bonchev–Trinajstić information content (AvgIpc) is 2.75. The predicted octanol–water partition coefficient (Wildman–Crippen LogP) is 4.65. The van der Waals surface area contributed by atoms with Crippen molar-refractivity contribution in [3.8, 4) is 11.8 Å². The molecular formula is C14H20S. The molecular weight excluding hydrogens is 200 g/mol. The van der Waals surface area contributed by atoms with Gasteiger partial charge in [0.15, 0.2) is 0 Å². The van der Waals surface area contributed by atoms with Crippen LogP contribution in [0.25, 0.3) is 0 Å². The Morgan fingerprint density at radius 1 is 1.13 bits per heavy atom. The first-order valence-electron chi connectivity index (χ1n) is 5.91. The molecule has 15 heavy (non-hydrogen) atoms. The summed E-state index contributed by atoms with van der Waals surface area (Å²) in [6, 6.07) is 4.30. The van der Waals surface area contributed by atoms with Crippen LogP contribution in [0.5, 0.6) is 0 Å². The second-order valence-electron chi connectivity index (χ2n) is 3.74. The van der Waals surface area contributed by atoms with Gasteiger partial charge < -0.3 is 0 Å². The molecule has 0 aliphatic heterocycles. The molecule has 0 unspecified atom stereocenters. The minimum Gasteiger partial charge on any atom is -0.149 e. The summed E-state index contributed by atoms with van der Waals surface area (Å²) in [5, 5.41) is 2.13. The Morgan fingerprint density at radius 2 is 2.00 bits per heavy atom. The lowest BCUT2D eigenvalue weighted by atomic mass is 10.1. The van der Waals surface area contributed by atoms with Crippen molar-refractivity contribution in [3.05, 3.63) is 22.4 Å². The molecule has 0 atom stereocenters. The summed E-state index contributed by atoms with van der Waals surface area (Å²) in [6.45, 7) is 2.24. The minimum absolute atomic E-state index is 1.02. The van der Waals surface area contributed by atoms with E-state index < -0.39 is 0 Å². The van der Waals surface area contributed by atoms with E-state index in [1.807, 2.05) is 11.3 Å². The number of thiophene rings is 1. The maximum atomic E-state index is 3.26. The Hall–Kier alpha value is -0.740. The highest BCUT2D eigenvalue weighted by Crippen LogP contribution is 2.10. The summed E-state index contributed by atoms with van der Waals surface area (Å²) in [5.74, 6) is 6.52. The molecule has 0 nitrogen and oxygen atoms in total. The van der Waals surface area contributed by atoms with Crippen LogP contribution < -0.4 is 0 Å². The van der Waals surface area contributed by atoms with Gasteiger partial charge in [-0.1, -0.05) is 32.3 Å². The van der Waals surface area contributed by atoms with Crippen LogP contribution in [-0.2, 0) is 6.42 Å². The van der Waals surface area contributed by atoms with Crippen LogP contribution >= 0.6 is 11.3 Å². The molecule has 82 valence electrons. The second-order valence-corrected chi connectivity index (χ2v) is 4.78. The third-order valence-corrected chi connectivity index (χ3v) is 3.29. The molecule has 1 rings (SSSR count). The van der Waals surface area contributed by atoms with E-state index in [0.29, 0.717) is 0 Å². The van der Waals surface area contributed by atoms with Crippen molar-refractivity contribution in [2.75, 3.05) is 0 Å². The Balaban J connectivity index is 1.97. The van der Waals surface area contributed by atoms with E-state index in [0.717, 1.165) is 19.3 Å². The third kappa shape index (κ3) is 6.36. The Bertz CT molecular complexity index is 287. The molecule has 0 spiro atoms. The monoisotopic (exact) mass is 220 g/mol. The van der Waals surface area contributed by atoms with Crippen molar-refractivity contribution in [1.29, 1.82) is 0 Å². The lowest BCUT2D eigenvalue weighted by Crippen LogP contribution is -1.77. The highest BCUT2D eigenvalue weighted by Gasteiger charge is 1.89. The zero-order chi connectivity index (χ0) is 10.8. The fourth-order valence-electron chi connectivity index (χ4n) is 1.46. The quantitative estimate of drug-likeness (QED) is 0.483. The Kier molecular flexibility index (Phi) is 7.04. The predicted molar refractivity (Wildman–Crippen MR) is 69.2 cm³/mol. The molecule has 0 radical (unpaired) electrons. The van der Waals surface area contributed by atoms with Gasteiger partial charge in [-0.2, -0.15) is 0 Å². The van der Waals surface area contributed by atoms with Crippen molar-refractivity contribution in [3.63, 3.8) is 0 Å². The molecule has 0 bridgehead atoms. The van der Waals surface area contributed by atoms with Gasteiger partial charge in [0.25, 0.3) is 0 Å². The molecule has 1 heterocycles. The van der Waals surface area contributed by atoms with Gasteiger partial charge >= 0.3 is 0 Å². The third-order valence-electron chi connectivity index (χ3n) is 2.36. The number of aryl methyl sites for hydroxylation is 1. The minimum atomic E-state index is 1.02. The zero-order valence-electron chi connectivity index (χ0n) is 9.59. The fraction of sp³-hybridized carbons (Fsp3) is 0.571. The SMILES string of the molecule is CCCCCCC#CCCc1cccs1. The fourth-order valence-corrected chi connectivity index (χ4v) is 2.17. The van der Waals surface area contributed by atoms with Gasteiger partial charge in [0.05, 0.1) is 0 Å². The van der Waals surface area contributed by atoms with Gasteiger partial charge in [0.1, 0.15) is 0 Å². The van der Waals surface area contributed by atoms with Crippen molar-refractivity contribution in [1.82, 2.24) is 0 Å². The van der Waals surface area contributed by atoms with Gasteiger partial charge in [-0.3, -0.25) is 0 Å². The molecule has 0 amide bonds. The topological polar surface area (TPSA) is 0 Å². The van der Waals surface area contributed by atoms with Crippen LogP contribution in [0.3, 0.4) is 0 Å². The molecule has 0 N–H and O–H groups in total. The van der Waals surface area contributed by atoms with Gasteiger partial charge in [-0.15, -0.1) is 23.2 Å². The van der Waals surface area contributed by atoms with E-state index in [4.69, 9.17) is 0 Å². The van der Waals surface area contributed by atoms with E-state index >= 15 is 0 Å². The summed E-state index contributed by atoms with van der Waals surface area (Å²) in [6.07, 6.45) is 8.52. The highest BCUT2D eigenvalue weighted by atomic mass is 32.1. The zero-order valence-corrected chi connectivity index (χ0v) is 10.4. The summed E-state index contributed by atoms with van der Waals surface area (Å²) in [4.78, 5) is 1.45. The maximum Gasteiger partial charge on any atom is 0.0137 e. The first-order chi connectivity index (χ1) is 7.43. The van der Waals surface area contributed by atoms with E-state index in [1.54, 1.807) is 0 Å². The molecule has 0 saturated heterocycles. The largest absolute Gasteiger partial charge is 0.149 e. The molecule has 1 aromatic rings. The van der Waals surface area contributed by atoms with Crippen LogP contribution in [0.1, 0.15) is 50.3 Å². The molecule has 0 saturated carbocycles. The first-order valence-corrected chi connectivity index (χ1v) is 6.79. The van der Waals surface area contributed by atoms with Gasteiger partial charge in [-0.25, -0.2) is 0 Å². The summed E-state index contributed by atoms with van der Waals surface area (Å²) in [5.41, 5.74) is 0. The molecule has 1 aromatic heterocycles. The molecule has 1 heteroatoms. The van der Waals surface area contributed by atoms with Gasteiger partial charge in [-0.05, 0) is 24.3 Å². The average molecular weight is 220 g/mol. The van der Waals surface area contributed by atoms with Crippen molar-refractivity contribution >= 4 is 11.3 Å². The highest BCUT2D eigenvalue weighted by molar-refractivity contribution is 7.09. The number of rotatable bonds is 6. The van der Waals surface area contributed by atoms with Crippen LogP contribution in [0.4, 0.5) is 0 Å². The van der Waals surface area contributed by atoms with E-state index in [9.17, 15) is 0 Å². The van der Waals surface area contributed by atoms with Crippen LogP contribution in [0.15, 0.2) is 17.5 Å². The normalized spacial score (nSPS) is 9.67. The van der Waals surface area contributed by atoms with Gasteiger partial charge in [0.2, 0.25) is 0 Å². The summed E-state index contributed by atoms with van der Waals surface area (Å²) >= 11 is 1.83.